The molecule has 0 fully saturated rings. The van der Waals surface area contributed by atoms with Crippen LogP contribution in [-0.2, 0) is 0 Å². The highest BCUT2D eigenvalue weighted by Gasteiger charge is 2.45. The second kappa shape index (κ2) is 17.9. The molecule has 47 heavy (non-hydrogen) atoms. The van der Waals surface area contributed by atoms with E-state index in [1.165, 1.54) is 82.7 Å². The zero-order valence-corrected chi connectivity index (χ0v) is 31.4. The lowest BCUT2D eigenvalue weighted by molar-refractivity contribution is 0.627. The van der Waals surface area contributed by atoms with Gasteiger partial charge in [0.05, 0.1) is 12.3 Å². The molecule has 0 nitrogen and oxygen atoms in total. The summed E-state index contributed by atoms with van der Waals surface area (Å²) in [5, 5.41) is 8.97. The minimum atomic E-state index is -1.73. The highest BCUT2D eigenvalue weighted by atomic mass is 127. The molecule has 0 spiro atoms. The summed E-state index contributed by atoms with van der Waals surface area (Å²) >= 11 is 0. The molecule has 0 N–H and O–H groups in total. The van der Waals surface area contributed by atoms with E-state index in [0.29, 0.717) is 0 Å². The molecule has 0 heterocycles. The topological polar surface area (TPSA) is 0 Å². The normalized spacial score (nSPS) is 11.5. The Morgan fingerprint density at radius 1 is 0.234 bits per heavy atom. The van der Waals surface area contributed by atoms with Gasteiger partial charge in [-0.25, -0.2) is 0 Å². The zero-order chi connectivity index (χ0) is 31.3. The summed E-state index contributed by atoms with van der Waals surface area (Å²) < 4.78 is 0. The summed E-state index contributed by atoms with van der Waals surface area (Å²) in [6.45, 7) is 0. The van der Waals surface area contributed by atoms with E-state index in [4.69, 9.17) is 0 Å². The lowest BCUT2D eigenvalue weighted by atomic mass is 10.1. The molecule has 0 saturated heterocycles. The molecule has 6 aromatic rings. The Kier molecular flexibility index (Phi) is 13.4. The van der Waals surface area contributed by atoms with Crippen LogP contribution in [0.2, 0.25) is 0 Å². The van der Waals surface area contributed by atoms with Gasteiger partial charge in [-0.15, -0.1) is 24.0 Å². The Labute approximate surface area is 301 Å². The highest BCUT2D eigenvalue weighted by Crippen LogP contribution is 2.57. The van der Waals surface area contributed by atoms with Crippen molar-refractivity contribution in [2.24, 2.45) is 0 Å². The van der Waals surface area contributed by atoms with Crippen LogP contribution in [0, 0.1) is 0 Å². The number of hydrogen-bond acceptors (Lipinski definition) is 0. The fourth-order valence-corrected chi connectivity index (χ4v) is 16.0. The maximum atomic E-state index is 2.37. The van der Waals surface area contributed by atoms with Gasteiger partial charge in [0.25, 0.3) is 0 Å². The Hall–Kier alpha value is -3.09. The molecule has 0 aliphatic carbocycles. The molecule has 238 valence electrons. The van der Waals surface area contributed by atoms with Crippen LogP contribution >= 0.6 is 38.5 Å². The zero-order valence-electron chi connectivity index (χ0n) is 27.3. The maximum absolute atomic E-state index is 2.37. The molecular formula is C44H47IP2+2. The molecule has 0 aliphatic rings. The fraction of sp³-hybridized carbons (Fsp3) is 0.182. The molecule has 6 rings (SSSR count). The third kappa shape index (κ3) is 8.14. The largest absolute Gasteiger partial charge is 0.112 e. The number of hydrogen-bond donors (Lipinski definition) is 0. The van der Waals surface area contributed by atoms with Crippen molar-refractivity contribution in [2.75, 3.05) is 12.3 Å². The van der Waals surface area contributed by atoms with Gasteiger partial charge in [-0.3, -0.25) is 0 Å². The number of unbranched alkanes of at least 4 members (excludes halogenated alkanes) is 5. The molecule has 0 amide bonds. The van der Waals surface area contributed by atoms with Gasteiger partial charge in [0.1, 0.15) is 46.4 Å². The summed E-state index contributed by atoms with van der Waals surface area (Å²) in [4.78, 5) is 0. The van der Waals surface area contributed by atoms with E-state index in [0.717, 1.165) is 0 Å². The van der Waals surface area contributed by atoms with Gasteiger partial charge in [0.2, 0.25) is 0 Å². The van der Waals surface area contributed by atoms with Crippen molar-refractivity contribution < 1.29 is 0 Å². The van der Waals surface area contributed by atoms with E-state index in [1.807, 2.05) is 0 Å². The second-order valence-electron chi connectivity index (χ2n) is 12.2. The molecule has 0 bridgehead atoms. The first-order chi connectivity index (χ1) is 22.8. The van der Waals surface area contributed by atoms with Crippen molar-refractivity contribution in [2.45, 2.75) is 38.5 Å². The van der Waals surface area contributed by atoms with Crippen molar-refractivity contribution in [3.05, 3.63) is 182 Å². The summed E-state index contributed by atoms with van der Waals surface area (Å²) in [5.74, 6) is 0. The molecule has 3 heteroatoms. The second-order valence-corrected chi connectivity index (χ2v) is 19.4. The minimum absolute atomic E-state index is 0. The van der Waals surface area contributed by atoms with E-state index < -0.39 is 14.5 Å². The van der Waals surface area contributed by atoms with Gasteiger partial charge in [0.15, 0.2) is 0 Å². The van der Waals surface area contributed by atoms with Crippen LogP contribution in [0.4, 0.5) is 0 Å². The molecule has 0 unspecified atom stereocenters. The van der Waals surface area contributed by atoms with Crippen molar-refractivity contribution in [3.63, 3.8) is 0 Å². The van der Waals surface area contributed by atoms with Gasteiger partial charge in [-0.05, 0) is 98.5 Å². The minimum Gasteiger partial charge on any atom is -0.107 e. The van der Waals surface area contributed by atoms with Crippen LogP contribution in [0.25, 0.3) is 0 Å². The summed E-state index contributed by atoms with van der Waals surface area (Å²) in [6.07, 6.45) is 10.1. The first-order valence-electron chi connectivity index (χ1n) is 16.9. The smallest absolute Gasteiger partial charge is 0.107 e. The third-order valence-corrected chi connectivity index (χ3v) is 18.5. The van der Waals surface area contributed by atoms with Crippen molar-refractivity contribution >= 4 is 70.3 Å². The molecule has 0 saturated carbocycles. The first kappa shape index (κ1) is 35.2. The predicted octanol–water partition coefficient (Wildman–Crippen LogP) is 9.93. The Balaban J connectivity index is 0.00000433. The van der Waals surface area contributed by atoms with Gasteiger partial charge in [0, 0.05) is 0 Å². The van der Waals surface area contributed by atoms with Crippen molar-refractivity contribution in [3.8, 4) is 0 Å². The van der Waals surface area contributed by atoms with E-state index in [2.05, 4.69) is 182 Å². The molecular weight excluding hydrogens is 717 g/mol. The molecule has 0 aliphatic heterocycles. The van der Waals surface area contributed by atoms with Crippen LogP contribution in [0.3, 0.4) is 0 Å². The average Bonchev–Trinajstić information content (AvgIpc) is 3.15. The van der Waals surface area contributed by atoms with Crippen LogP contribution in [-0.4, -0.2) is 12.3 Å². The Bertz CT molecular complexity index is 1390. The van der Waals surface area contributed by atoms with Crippen LogP contribution in [0.15, 0.2) is 182 Å². The molecule has 0 aromatic heterocycles. The number of halogens is 1. The molecule has 6 aromatic carbocycles. The fourth-order valence-electron chi connectivity index (χ4n) is 7.17. The number of rotatable bonds is 15. The van der Waals surface area contributed by atoms with E-state index in [1.54, 1.807) is 0 Å². The number of benzene rings is 6. The molecule has 0 atom stereocenters. The van der Waals surface area contributed by atoms with Crippen LogP contribution in [0.1, 0.15) is 38.5 Å². The third-order valence-electron chi connectivity index (χ3n) is 9.42. The lowest BCUT2D eigenvalue weighted by Gasteiger charge is -2.28. The average molecular weight is 765 g/mol. The Morgan fingerprint density at radius 2 is 0.404 bits per heavy atom. The van der Waals surface area contributed by atoms with Crippen LogP contribution in [0.5, 0.6) is 0 Å². The van der Waals surface area contributed by atoms with Crippen molar-refractivity contribution in [1.82, 2.24) is 0 Å². The SMILES string of the molecule is I.c1ccc([P+](CCCCCCCC[P+](c2ccccc2)(c2ccccc2)c2ccccc2)(c2ccccc2)c2ccccc2)cc1. The predicted molar refractivity (Wildman–Crippen MR) is 223 cm³/mol. The maximum Gasteiger partial charge on any atom is 0.112 e. The Morgan fingerprint density at radius 3 is 0.596 bits per heavy atom. The van der Waals surface area contributed by atoms with E-state index in [-0.39, 0.29) is 24.0 Å². The lowest BCUT2D eigenvalue weighted by Crippen LogP contribution is -2.33. The summed E-state index contributed by atoms with van der Waals surface area (Å²) in [6, 6.07) is 68.0. The highest BCUT2D eigenvalue weighted by molar-refractivity contribution is 14.0. The molecule has 0 radical (unpaired) electrons. The van der Waals surface area contributed by atoms with Gasteiger partial charge in [-0.2, -0.15) is 0 Å². The quantitative estimate of drug-likeness (QED) is 0.0555. The van der Waals surface area contributed by atoms with Gasteiger partial charge < -0.3 is 0 Å². The first-order valence-corrected chi connectivity index (χ1v) is 20.9. The summed E-state index contributed by atoms with van der Waals surface area (Å²) in [5.41, 5.74) is 0. The van der Waals surface area contributed by atoms with E-state index in [9.17, 15) is 0 Å². The van der Waals surface area contributed by atoms with Gasteiger partial charge in [-0.1, -0.05) is 122 Å². The summed E-state index contributed by atoms with van der Waals surface area (Å²) in [7, 11) is -3.47. The standard InChI is InChI=1S/C44H46P2.HI/c1(3-23-37-45(39-25-11-5-12-26-39,40-27-13-6-14-28-40)41-29-15-7-16-30-41)2-4-24-38-46(42-31-17-8-18-32-42,43-33-19-9-20-34-43)44-35-21-10-22-36-44;/h5-22,25-36H,1-4,23-24,37-38H2;1H/q+2;. The monoisotopic (exact) mass is 764 g/mol. The van der Waals surface area contributed by atoms with Gasteiger partial charge >= 0.3 is 0 Å². The van der Waals surface area contributed by atoms with Crippen LogP contribution < -0.4 is 31.8 Å². The van der Waals surface area contributed by atoms with E-state index >= 15 is 0 Å². The van der Waals surface area contributed by atoms with Crippen molar-refractivity contribution in [1.29, 1.82) is 0 Å².